The lowest BCUT2D eigenvalue weighted by Gasteiger charge is -2.22. The molecule has 0 spiro atoms. The molecule has 0 rings (SSSR count). The van der Waals surface area contributed by atoms with Crippen molar-refractivity contribution in [2.75, 3.05) is 39.5 Å². The first-order valence-electron chi connectivity index (χ1n) is 6.19. The van der Waals surface area contributed by atoms with Gasteiger partial charge in [0.1, 0.15) is 0 Å². The van der Waals surface area contributed by atoms with Crippen LogP contribution in [0, 0.1) is 0 Å². The number of nitrogens with zero attached hydrogens (tertiary/aromatic N) is 1. The summed E-state index contributed by atoms with van der Waals surface area (Å²) in [6.45, 7) is 9.87. The van der Waals surface area contributed by atoms with E-state index >= 15 is 0 Å². The summed E-state index contributed by atoms with van der Waals surface area (Å²) >= 11 is 0. The second-order valence-corrected chi connectivity index (χ2v) is 3.52. The molecule has 4 nitrogen and oxygen atoms in total. The fourth-order valence-electron chi connectivity index (χ4n) is 1.37. The molecular weight excluding hydrogens is 206 g/mol. The molecule has 0 N–H and O–H groups in total. The maximum atomic E-state index is 11.7. The third-order valence-electron chi connectivity index (χ3n) is 2.24. The molecule has 0 bridgehead atoms. The van der Waals surface area contributed by atoms with Gasteiger partial charge in [-0.25, -0.2) is 0 Å². The number of rotatable bonds is 10. The topological polar surface area (TPSA) is 38.8 Å². The van der Waals surface area contributed by atoms with Gasteiger partial charge in [0.05, 0.1) is 13.2 Å². The summed E-state index contributed by atoms with van der Waals surface area (Å²) in [4.78, 5) is 13.6. The van der Waals surface area contributed by atoms with Gasteiger partial charge < -0.3 is 14.4 Å². The van der Waals surface area contributed by atoms with Crippen molar-refractivity contribution in [3.05, 3.63) is 0 Å². The summed E-state index contributed by atoms with van der Waals surface area (Å²) in [6, 6.07) is 0. The summed E-state index contributed by atoms with van der Waals surface area (Å²) in [7, 11) is 0. The summed E-state index contributed by atoms with van der Waals surface area (Å²) in [5.41, 5.74) is 0. The fraction of sp³-hybridized carbons (Fsp3) is 0.917. The van der Waals surface area contributed by atoms with Crippen LogP contribution in [0.4, 0.5) is 0 Å². The Hall–Kier alpha value is -0.610. The molecular formula is C12H25NO3. The first-order valence-corrected chi connectivity index (χ1v) is 6.19. The van der Waals surface area contributed by atoms with Crippen LogP contribution in [0.2, 0.25) is 0 Å². The molecule has 0 aliphatic heterocycles. The summed E-state index contributed by atoms with van der Waals surface area (Å²) in [5, 5.41) is 0. The van der Waals surface area contributed by atoms with E-state index in [2.05, 4.69) is 0 Å². The van der Waals surface area contributed by atoms with Crippen molar-refractivity contribution >= 4 is 5.91 Å². The van der Waals surface area contributed by atoms with E-state index in [-0.39, 0.29) is 5.91 Å². The smallest absolute Gasteiger partial charge is 0.222 e. The van der Waals surface area contributed by atoms with Gasteiger partial charge >= 0.3 is 0 Å². The largest absolute Gasteiger partial charge is 0.380 e. The van der Waals surface area contributed by atoms with E-state index in [9.17, 15) is 4.79 Å². The van der Waals surface area contributed by atoms with Crippen LogP contribution in [0.25, 0.3) is 0 Å². The zero-order valence-corrected chi connectivity index (χ0v) is 10.8. The molecule has 0 aromatic rings. The van der Waals surface area contributed by atoms with Crippen molar-refractivity contribution in [3.63, 3.8) is 0 Å². The van der Waals surface area contributed by atoms with Crippen LogP contribution in [0.15, 0.2) is 0 Å². The van der Waals surface area contributed by atoms with Crippen molar-refractivity contribution in [2.24, 2.45) is 0 Å². The molecule has 0 saturated carbocycles. The van der Waals surface area contributed by atoms with Gasteiger partial charge in [0.15, 0.2) is 0 Å². The van der Waals surface area contributed by atoms with Crippen LogP contribution < -0.4 is 0 Å². The van der Waals surface area contributed by atoms with E-state index in [0.717, 1.165) is 6.42 Å². The van der Waals surface area contributed by atoms with E-state index in [1.807, 2.05) is 25.7 Å². The monoisotopic (exact) mass is 231 g/mol. The summed E-state index contributed by atoms with van der Waals surface area (Å²) in [5.74, 6) is 0.196. The van der Waals surface area contributed by atoms with Gasteiger partial charge in [0, 0.05) is 32.7 Å². The van der Waals surface area contributed by atoms with Crippen LogP contribution in [0.5, 0.6) is 0 Å². The predicted octanol–water partition coefficient (Wildman–Crippen LogP) is 1.69. The van der Waals surface area contributed by atoms with Gasteiger partial charge in [-0.05, 0) is 20.3 Å². The second kappa shape index (κ2) is 10.9. The van der Waals surface area contributed by atoms with Gasteiger partial charge in [-0.15, -0.1) is 0 Å². The Labute approximate surface area is 98.9 Å². The fourth-order valence-corrected chi connectivity index (χ4v) is 1.37. The first-order chi connectivity index (χ1) is 7.76. The van der Waals surface area contributed by atoms with Gasteiger partial charge in [0.2, 0.25) is 5.91 Å². The van der Waals surface area contributed by atoms with Crippen molar-refractivity contribution in [3.8, 4) is 0 Å². The Kier molecular flexibility index (Phi) is 10.5. The van der Waals surface area contributed by atoms with Gasteiger partial charge in [-0.3, -0.25) is 4.79 Å². The minimum Gasteiger partial charge on any atom is -0.380 e. The van der Waals surface area contributed by atoms with Crippen LogP contribution in [0.1, 0.15) is 33.6 Å². The number of hydrogen-bond acceptors (Lipinski definition) is 3. The summed E-state index contributed by atoms with van der Waals surface area (Å²) < 4.78 is 10.5. The number of hydrogen-bond donors (Lipinski definition) is 0. The zero-order chi connectivity index (χ0) is 12.2. The molecule has 0 heterocycles. The van der Waals surface area contributed by atoms with Gasteiger partial charge in [0.25, 0.3) is 0 Å². The minimum absolute atomic E-state index is 0.196. The maximum Gasteiger partial charge on any atom is 0.222 e. The molecule has 4 heteroatoms. The quantitative estimate of drug-likeness (QED) is 0.537. The Morgan fingerprint density at radius 2 is 1.50 bits per heavy atom. The van der Waals surface area contributed by atoms with E-state index in [0.29, 0.717) is 45.9 Å². The lowest BCUT2D eigenvalue weighted by atomic mass is 10.3. The minimum atomic E-state index is 0.196. The molecule has 0 unspecified atom stereocenters. The summed E-state index contributed by atoms with van der Waals surface area (Å²) in [6.07, 6.45) is 1.50. The highest BCUT2D eigenvalue weighted by Gasteiger charge is 2.11. The van der Waals surface area contributed by atoms with E-state index in [4.69, 9.17) is 9.47 Å². The average molecular weight is 231 g/mol. The third-order valence-corrected chi connectivity index (χ3v) is 2.24. The number of carbonyl (C=O) groups is 1. The van der Waals surface area contributed by atoms with Crippen molar-refractivity contribution < 1.29 is 14.3 Å². The maximum absolute atomic E-state index is 11.7. The molecule has 0 fully saturated rings. The number of amides is 1. The van der Waals surface area contributed by atoms with Gasteiger partial charge in [-0.2, -0.15) is 0 Å². The average Bonchev–Trinajstić information content (AvgIpc) is 2.28. The highest BCUT2D eigenvalue weighted by molar-refractivity contribution is 5.76. The normalized spacial score (nSPS) is 10.4. The van der Waals surface area contributed by atoms with Crippen LogP contribution in [-0.4, -0.2) is 50.3 Å². The Balaban J connectivity index is 3.89. The molecule has 0 aromatic carbocycles. The number of ether oxygens (including phenoxy) is 2. The lowest BCUT2D eigenvalue weighted by molar-refractivity contribution is -0.132. The predicted molar refractivity (Wildman–Crippen MR) is 64.5 cm³/mol. The molecule has 0 aliphatic rings. The van der Waals surface area contributed by atoms with E-state index in [1.54, 1.807) is 0 Å². The molecule has 0 radical (unpaired) electrons. The van der Waals surface area contributed by atoms with E-state index in [1.165, 1.54) is 0 Å². The van der Waals surface area contributed by atoms with Crippen molar-refractivity contribution in [2.45, 2.75) is 33.6 Å². The van der Waals surface area contributed by atoms with Gasteiger partial charge in [-0.1, -0.05) is 6.92 Å². The third kappa shape index (κ3) is 7.65. The lowest BCUT2D eigenvalue weighted by Crippen LogP contribution is -2.36. The molecule has 1 amide bonds. The highest BCUT2D eigenvalue weighted by Crippen LogP contribution is 1.98. The Morgan fingerprint density at radius 3 is 1.88 bits per heavy atom. The molecule has 16 heavy (non-hydrogen) atoms. The Bertz CT molecular complexity index is 164. The number of carbonyl (C=O) groups excluding carboxylic acids is 1. The van der Waals surface area contributed by atoms with E-state index < -0.39 is 0 Å². The molecule has 96 valence electrons. The molecule has 0 aromatic heterocycles. The van der Waals surface area contributed by atoms with Crippen LogP contribution in [0.3, 0.4) is 0 Å². The standard InChI is InChI=1S/C12H25NO3/c1-4-7-12(14)13(8-10-15-5-2)9-11-16-6-3/h4-11H2,1-3H3. The second-order valence-electron chi connectivity index (χ2n) is 3.52. The Morgan fingerprint density at radius 1 is 1.00 bits per heavy atom. The first kappa shape index (κ1) is 15.4. The van der Waals surface area contributed by atoms with Crippen molar-refractivity contribution in [1.82, 2.24) is 4.90 Å². The highest BCUT2D eigenvalue weighted by atomic mass is 16.5. The van der Waals surface area contributed by atoms with Crippen molar-refractivity contribution in [1.29, 1.82) is 0 Å². The molecule has 0 aliphatic carbocycles. The van der Waals surface area contributed by atoms with Crippen LogP contribution in [-0.2, 0) is 14.3 Å². The molecule has 0 atom stereocenters. The molecule has 0 saturated heterocycles. The van der Waals surface area contributed by atoms with Crippen LogP contribution >= 0.6 is 0 Å². The SMILES string of the molecule is CCCC(=O)N(CCOCC)CCOCC. The zero-order valence-electron chi connectivity index (χ0n) is 10.8.